The van der Waals surface area contributed by atoms with E-state index in [1.54, 1.807) is 13.2 Å². The second-order valence-electron chi connectivity index (χ2n) is 8.20. The van der Waals surface area contributed by atoms with E-state index in [1.165, 1.54) is 17.6 Å². The van der Waals surface area contributed by atoms with Crippen LogP contribution in [0, 0.1) is 5.92 Å². The number of amides is 2. The van der Waals surface area contributed by atoms with Crippen molar-refractivity contribution in [2.24, 2.45) is 5.92 Å². The summed E-state index contributed by atoms with van der Waals surface area (Å²) in [5.41, 5.74) is 2.36. The van der Waals surface area contributed by atoms with E-state index in [2.05, 4.69) is 17.4 Å². The Labute approximate surface area is 168 Å². The molecule has 28 heavy (non-hydrogen) atoms. The number of methoxy groups -OCH3 is 1. The highest BCUT2D eigenvalue weighted by Crippen LogP contribution is 2.35. The number of likely N-dealkylation sites (tertiary alicyclic amines) is 1. The first-order chi connectivity index (χ1) is 13.5. The number of piperidine rings is 1. The monoisotopic (exact) mass is 384 g/mol. The molecule has 0 aromatic heterocycles. The largest absolute Gasteiger partial charge is 0.384 e. The molecule has 1 saturated carbocycles. The van der Waals surface area contributed by atoms with Gasteiger partial charge in [-0.25, -0.2) is 0 Å². The van der Waals surface area contributed by atoms with Crippen LogP contribution in [0.15, 0.2) is 42.0 Å². The predicted octanol–water partition coefficient (Wildman–Crippen LogP) is 3.06. The molecular weight excluding hydrogens is 352 g/mol. The van der Waals surface area contributed by atoms with Gasteiger partial charge in [-0.05, 0) is 37.7 Å². The fraction of sp³-hybridized carbons (Fsp3) is 0.565. The molecule has 1 unspecified atom stereocenters. The number of carbonyl (C=O) groups excluding carboxylic acids is 2. The molecule has 1 N–H and O–H groups in total. The van der Waals surface area contributed by atoms with Gasteiger partial charge < -0.3 is 15.0 Å². The van der Waals surface area contributed by atoms with Gasteiger partial charge in [0.15, 0.2) is 0 Å². The minimum atomic E-state index is -0.129. The molecule has 5 nitrogen and oxygen atoms in total. The van der Waals surface area contributed by atoms with Crippen LogP contribution in [0.3, 0.4) is 0 Å². The zero-order chi connectivity index (χ0) is 20.0. The second-order valence-corrected chi connectivity index (χ2v) is 8.20. The molecule has 0 spiro atoms. The summed E-state index contributed by atoms with van der Waals surface area (Å²) < 4.78 is 5.14. The van der Waals surface area contributed by atoms with Crippen LogP contribution < -0.4 is 5.32 Å². The molecule has 1 aliphatic heterocycles. The molecule has 1 aromatic rings. The van der Waals surface area contributed by atoms with Gasteiger partial charge in [0.2, 0.25) is 11.8 Å². The summed E-state index contributed by atoms with van der Waals surface area (Å²) >= 11 is 0. The highest BCUT2D eigenvalue weighted by molar-refractivity contribution is 5.88. The minimum Gasteiger partial charge on any atom is -0.384 e. The van der Waals surface area contributed by atoms with Gasteiger partial charge in [0.25, 0.3) is 0 Å². The average molecular weight is 385 g/mol. The summed E-state index contributed by atoms with van der Waals surface area (Å²) in [4.78, 5) is 26.9. The molecule has 1 saturated heterocycles. The number of hydrogen-bond acceptors (Lipinski definition) is 3. The van der Waals surface area contributed by atoms with E-state index in [0.29, 0.717) is 26.2 Å². The van der Waals surface area contributed by atoms with Crippen molar-refractivity contribution in [3.63, 3.8) is 0 Å². The van der Waals surface area contributed by atoms with Gasteiger partial charge in [0.05, 0.1) is 12.5 Å². The Morgan fingerprint density at radius 1 is 1.21 bits per heavy atom. The van der Waals surface area contributed by atoms with Crippen molar-refractivity contribution in [2.45, 2.75) is 44.4 Å². The smallest absolute Gasteiger partial charge is 0.243 e. The zero-order valence-electron chi connectivity index (χ0n) is 17.1. The van der Waals surface area contributed by atoms with Crippen LogP contribution in [0.2, 0.25) is 0 Å². The summed E-state index contributed by atoms with van der Waals surface area (Å²) in [5, 5.41) is 3.14. The lowest BCUT2D eigenvalue weighted by molar-refractivity contribution is -0.138. The van der Waals surface area contributed by atoms with Crippen molar-refractivity contribution in [3.8, 4) is 0 Å². The maximum atomic E-state index is 12.6. The third-order valence-corrected chi connectivity index (χ3v) is 6.19. The lowest BCUT2D eigenvalue weighted by atomic mass is 9.72. The molecule has 5 heteroatoms. The topological polar surface area (TPSA) is 58.6 Å². The summed E-state index contributed by atoms with van der Waals surface area (Å²) in [6, 6.07) is 10.4. The molecule has 0 radical (unpaired) electrons. The number of allylic oxidation sites excluding steroid dienone is 1. The lowest BCUT2D eigenvalue weighted by Crippen LogP contribution is -2.51. The molecule has 152 valence electrons. The Kier molecular flexibility index (Phi) is 6.89. The molecule has 1 atom stereocenters. The number of nitrogens with one attached hydrogen (secondary N) is 1. The van der Waals surface area contributed by atoms with E-state index in [-0.39, 0.29) is 23.1 Å². The van der Waals surface area contributed by atoms with Crippen molar-refractivity contribution in [1.82, 2.24) is 10.2 Å². The lowest BCUT2D eigenvalue weighted by Gasteiger charge is -2.43. The molecule has 2 fully saturated rings. The normalized spacial score (nSPS) is 19.5. The van der Waals surface area contributed by atoms with E-state index < -0.39 is 0 Å². The van der Waals surface area contributed by atoms with Gasteiger partial charge in [-0.2, -0.15) is 0 Å². The van der Waals surface area contributed by atoms with Crippen molar-refractivity contribution in [1.29, 1.82) is 0 Å². The van der Waals surface area contributed by atoms with Crippen LogP contribution in [0.5, 0.6) is 0 Å². The number of carbonyl (C=O) groups is 2. The summed E-state index contributed by atoms with van der Waals surface area (Å²) in [7, 11) is 1.63. The van der Waals surface area contributed by atoms with Crippen molar-refractivity contribution in [3.05, 3.63) is 47.5 Å². The highest BCUT2D eigenvalue weighted by Gasteiger charge is 2.38. The van der Waals surface area contributed by atoms with E-state index in [0.717, 1.165) is 25.7 Å². The van der Waals surface area contributed by atoms with E-state index in [9.17, 15) is 9.59 Å². The standard InChI is InChI=1S/C23H32N2O3/c1-18(16-28-2)22(27)25-13-11-23(12-14-25,20-9-4-3-5-10-20)17-24-21(26)15-19-7-6-8-19/h3-5,9-10,15,18H,6-8,11-14,16-17H2,1-2H3,(H,24,26). The van der Waals surface area contributed by atoms with Crippen LogP contribution in [-0.2, 0) is 19.7 Å². The Morgan fingerprint density at radius 3 is 2.46 bits per heavy atom. The van der Waals surface area contributed by atoms with Crippen LogP contribution in [0.1, 0.15) is 44.6 Å². The van der Waals surface area contributed by atoms with E-state index in [4.69, 9.17) is 4.74 Å². The molecule has 1 aliphatic carbocycles. The fourth-order valence-corrected chi connectivity index (χ4v) is 4.17. The SMILES string of the molecule is COCC(C)C(=O)N1CCC(CNC(=O)C=C2CCC2)(c2ccccc2)CC1. The first kappa shape index (κ1) is 20.6. The molecule has 3 rings (SSSR count). The van der Waals surface area contributed by atoms with Crippen LogP contribution >= 0.6 is 0 Å². The molecule has 2 amide bonds. The Bertz CT molecular complexity index is 700. The van der Waals surface area contributed by atoms with Gasteiger partial charge >= 0.3 is 0 Å². The molecule has 0 bridgehead atoms. The third-order valence-electron chi connectivity index (χ3n) is 6.19. The molecule has 2 aliphatic rings. The number of benzene rings is 1. The average Bonchev–Trinajstić information content (AvgIpc) is 2.70. The number of nitrogens with zero attached hydrogens (tertiary/aromatic N) is 1. The van der Waals surface area contributed by atoms with E-state index in [1.807, 2.05) is 30.0 Å². The first-order valence-electron chi connectivity index (χ1n) is 10.3. The second kappa shape index (κ2) is 9.37. The quantitative estimate of drug-likeness (QED) is 0.735. The van der Waals surface area contributed by atoms with Crippen molar-refractivity contribution < 1.29 is 14.3 Å². The Hall–Kier alpha value is -2.14. The zero-order valence-corrected chi connectivity index (χ0v) is 17.1. The maximum absolute atomic E-state index is 12.6. The van der Waals surface area contributed by atoms with Gasteiger partial charge in [-0.3, -0.25) is 9.59 Å². The van der Waals surface area contributed by atoms with Crippen molar-refractivity contribution in [2.75, 3.05) is 33.4 Å². The van der Waals surface area contributed by atoms with Crippen LogP contribution in [0.25, 0.3) is 0 Å². The Balaban J connectivity index is 1.67. The van der Waals surface area contributed by atoms with Gasteiger partial charge in [0, 0.05) is 38.2 Å². The summed E-state index contributed by atoms with van der Waals surface area (Å²) in [6.45, 7) is 4.38. The number of hydrogen-bond donors (Lipinski definition) is 1. The Morgan fingerprint density at radius 2 is 1.89 bits per heavy atom. The molecule has 1 heterocycles. The van der Waals surface area contributed by atoms with Crippen LogP contribution in [-0.4, -0.2) is 50.1 Å². The summed E-state index contributed by atoms with van der Waals surface area (Å²) in [6.07, 6.45) is 6.76. The molecular formula is C23H32N2O3. The van der Waals surface area contributed by atoms with Crippen molar-refractivity contribution >= 4 is 11.8 Å². The van der Waals surface area contributed by atoms with Gasteiger partial charge in [-0.15, -0.1) is 0 Å². The summed E-state index contributed by atoms with van der Waals surface area (Å²) in [5.74, 6) is 0.0440. The number of ether oxygens (including phenoxy) is 1. The number of rotatable bonds is 7. The van der Waals surface area contributed by atoms with Gasteiger partial charge in [-0.1, -0.05) is 42.8 Å². The first-order valence-corrected chi connectivity index (χ1v) is 10.3. The molecule has 1 aromatic carbocycles. The maximum Gasteiger partial charge on any atom is 0.243 e. The van der Waals surface area contributed by atoms with Gasteiger partial charge in [0.1, 0.15) is 0 Å². The fourth-order valence-electron chi connectivity index (χ4n) is 4.17. The third kappa shape index (κ3) is 4.82. The van der Waals surface area contributed by atoms with E-state index >= 15 is 0 Å². The van der Waals surface area contributed by atoms with Crippen LogP contribution in [0.4, 0.5) is 0 Å². The minimum absolute atomic E-state index is 0.0113. The highest BCUT2D eigenvalue weighted by atomic mass is 16.5. The predicted molar refractivity (Wildman–Crippen MR) is 110 cm³/mol.